The van der Waals surface area contributed by atoms with E-state index in [1.165, 1.54) is 32.1 Å². The van der Waals surface area contributed by atoms with Crippen molar-refractivity contribution in [2.75, 3.05) is 13.1 Å². The summed E-state index contributed by atoms with van der Waals surface area (Å²) in [6, 6.07) is 0.700. The quantitative estimate of drug-likeness (QED) is 0.609. The maximum atomic E-state index is 10.5. The molecule has 0 aromatic heterocycles. The molecule has 0 aromatic rings. The fraction of sp³-hybridized carbons (Fsp3) is 0.909. The van der Waals surface area contributed by atoms with Gasteiger partial charge in [0, 0.05) is 12.6 Å². The molecule has 0 atom stereocenters. The van der Waals surface area contributed by atoms with Crippen LogP contribution in [0.5, 0.6) is 0 Å². The number of carboxylic acid groups (broad SMARTS) is 1. The SMILES string of the molecule is CCCCCN(CCC(=O)O)C1CC1. The first kappa shape index (κ1) is 11.5. The Kier molecular flexibility index (Phi) is 4.94. The van der Waals surface area contributed by atoms with Gasteiger partial charge in [-0.2, -0.15) is 0 Å². The van der Waals surface area contributed by atoms with Crippen molar-refractivity contribution in [3.63, 3.8) is 0 Å². The molecule has 3 heteroatoms. The number of hydrogen-bond donors (Lipinski definition) is 1. The lowest BCUT2D eigenvalue weighted by molar-refractivity contribution is -0.137. The van der Waals surface area contributed by atoms with Crippen LogP contribution in [0.3, 0.4) is 0 Å². The van der Waals surface area contributed by atoms with Gasteiger partial charge in [0.05, 0.1) is 6.42 Å². The summed E-state index contributed by atoms with van der Waals surface area (Å²) in [6.45, 7) is 4.02. The Morgan fingerprint density at radius 3 is 2.57 bits per heavy atom. The maximum Gasteiger partial charge on any atom is 0.304 e. The van der Waals surface area contributed by atoms with Crippen LogP contribution in [0.1, 0.15) is 45.4 Å². The highest BCUT2D eigenvalue weighted by Gasteiger charge is 2.28. The smallest absolute Gasteiger partial charge is 0.304 e. The third-order valence-electron chi connectivity index (χ3n) is 2.73. The van der Waals surface area contributed by atoms with E-state index in [2.05, 4.69) is 11.8 Å². The first-order valence-electron chi connectivity index (χ1n) is 5.70. The lowest BCUT2D eigenvalue weighted by atomic mass is 10.2. The van der Waals surface area contributed by atoms with Crippen LogP contribution in [0, 0.1) is 0 Å². The van der Waals surface area contributed by atoms with E-state index >= 15 is 0 Å². The first-order valence-corrected chi connectivity index (χ1v) is 5.70. The molecule has 0 aliphatic heterocycles. The van der Waals surface area contributed by atoms with Gasteiger partial charge in [0.2, 0.25) is 0 Å². The van der Waals surface area contributed by atoms with Gasteiger partial charge in [-0.3, -0.25) is 9.69 Å². The standard InChI is InChI=1S/C11H21NO2/c1-2-3-4-8-12(10-5-6-10)9-7-11(13)14/h10H,2-9H2,1H3,(H,13,14). The Hall–Kier alpha value is -0.570. The number of aliphatic carboxylic acids is 1. The molecule has 0 unspecified atom stereocenters. The van der Waals surface area contributed by atoms with E-state index < -0.39 is 5.97 Å². The summed E-state index contributed by atoms with van der Waals surface area (Å²) in [4.78, 5) is 12.8. The number of rotatable bonds is 8. The first-order chi connectivity index (χ1) is 6.74. The van der Waals surface area contributed by atoms with Gasteiger partial charge in [-0.15, -0.1) is 0 Å². The Bertz CT molecular complexity index is 178. The van der Waals surface area contributed by atoms with Crippen molar-refractivity contribution in [3.05, 3.63) is 0 Å². The molecule has 1 N–H and O–H groups in total. The second-order valence-corrected chi connectivity index (χ2v) is 4.12. The Morgan fingerprint density at radius 1 is 1.36 bits per heavy atom. The molecule has 0 saturated heterocycles. The predicted octanol–water partition coefficient (Wildman–Crippen LogP) is 2.12. The number of carbonyl (C=O) groups is 1. The minimum atomic E-state index is -0.675. The molecule has 0 heterocycles. The largest absolute Gasteiger partial charge is 0.481 e. The van der Waals surface area contributed by atoms with E-state index in [0.29, 0.717) is 12.5 Å². The van der Waals surface area contributed by atoms with E-state index in [-0.39, 0.29) is 0 Å². The third-order valence-corrected chi connectivity index (χ3v) is 2.73. The molecular weight excluding hydrogens is 178 g/mol. The van der Waals surface area contributed by atoms with Gasteiger partial charge >= 0.3 is 5.97 Å². The summed E-state index contributed by atoms with van der Waals surface area (Å²) in [5.74, 6) is -0.675. The van der Waals surface area contributed by atoms with E-state index in [1.807, 2.05) is 0 Å². The van der Waals surface area contributed by atoms with Crippen molar-refractivity contribution in [3.8, 4) is 0 Å². The van der Waals surface area contributed by atoms with Gasteiger partial charge in [0.1, 0.15) is 0 Å². The molecule has 0 spiro atoms. The molecule has 1 saturated carbocycles. The summed E-state index contributed by atoms with van der Waals surface area (Å²) in [7, 11) is 0. The zero-order valence-corrected chi connectivity index (χ0v) is 9.04. The Morgan fingerprint density at radius 2 is 2.07 bits per heavy atom. The van der Waals surface area contributed by atoms with Crippen LogP contribution in [0.4, 0.5) is 0 Å². The Labute approximate surface area is 86.1 Å². The summed E-state index contributed by atoms with van der Waals surface area (Å²) < 4.78 is 0. The second-order valence-electron chi connectivity index (χ2n) is 4.12. The summed E-state index contributed by atoms with van der Waals surface area (Å²) in [6.07, 6.45) is 6.54. The van der Waals surface area contributed by atoms with E-state index in [1.54, 1.807) is 0 Å². The van der Waals surface area contributed by atoms with Gasteiger partial charge in [-0.25, -0.2) is 0 Å². The van der Waals surface area contributed by atoms with Crippen molar-refractivity contribution in [1.29, 1.82) is 0 Å². The van der Waals surface area contributed by atoms with Gasteiger partial charge < -0.3 is 5.11 Å². The fourth-order valence-electron chi connectivity index (χ4n) is 1.72. The lowest BCUT2D eigenvalue weighted by Gasteiger charge is -2.20. The molecule has 14 heavy (non-hydrogen) atoms. The normalized spacial score (nSPS) is 16.1. The number of carboxylic acids is 1. The molecule has 0 radical (unpaired) electrons. The highest BCUT2D eigenvalue weighted by Crippen LogP contribution is 2.27. The van der Waals surface area contributed by atoms with Crippen LogP contribution in [-0.4, -0.2) is 35.1 Å². The molecule has 0 bridgehead atoms. The van der Waals surface area contributed by atoms with Gasteiger partial charge in [0.15, 0.2) is 0 Å². The number of hydrogen-bond acceptors (Lipinski definition) is 2. The molecule has 1 aliphatic carbocycles. The topological polar surface area (TPSA) is 40.5 Å². The van der Waals surface area contributed by atoms with Crippen molar-refractivity contribution >= 4 is 5.97 Å². The van der Waals surface area contributed by atoms with Crippen molar-refractivity contribution in [2.45, 2.75) is 51.5 Å². The molecule has 82 valence electrons. The highest BCUT2D eigenvalue weighted by molar-refractivity contribution is 5.66. The van der Waals surface area contributed by atoms with Crippen molar-refractivity contribution < 1.29 is 9.90 Å². The van der Waals surface area contributed by atoms with E-state index in [4.69, 9.17) is 5.11 Å². The molecule has 1 aliphatic rings. The maximum absolute atomic E-state index is 10.5. The van der Waals surface area contributed by atoms with Crippen molar-refractivity contribution in [1.82, 2.24) is 4.90 Å². The molecule has 1 rings (SSSR count). The van der Waals surface area contributed by atoms with Gasteiger partial charge in [-0.05, 0) is 25.8 Å². The minimum Gasteiger partial charge on any atom is -0.481 e. The van der Waals surface area contributed by atoms with Crippen LogP contribution in [0.2, 0.25) is 0 Å². The third kappa shape index (κ3) is 4.61. The summed E-state index contributed by atoms with van der Waals surface area (Å²) in [5, 5.41) is 8.61. The number of unbranched alkanes of at least 4 members (excludes halogenated alkanes) is 2. The zero-order chi connectivity index (χ0) is 10.4. The van der Waals surface area contributed by atoms with Crippen LogP contribution < -0.4 is 0 Å². The molecular formula is C11H21NO2. The summed E-state index contributed by atoms with van der Waals surface area (Å²) in [5.41, 5.74) is 0. The van der Waals surface area contributed by atoms with Crippen LogP contribution in [0.15, 0.2) is 0 Å². The monoisotopic (exact) mass is 199 g/mol. The zero-order valence-electron chi connectivity index (χ0n) is 9.04. The fourth-order valence-corrected chi connectivity index (χ4v) is 1.72. The van der Waals surface area contributed by atoms with E-state index in [0.717, 1.165) is 13.1 Å². The van der Waals surface area contributed by atoms with Crippen LogP contribution >= 0.6 is 0 Å². The molecule has 3 nitrogen and oxygen atoms in total. The van der Waals surface area contributed by atoms with Crippen LogP contribution in [0.25, 0.3) is 0 Å². The minimum absolute atomic E-state index is 0.294. The lowest BCUT2D eigenvalue weighted by Crippen LogP contribution is -2.29. The Balaban J connectivity index is 2.14. The molecule has 1 fully saturated rings. The average molecular weight is 199 g/mol. The highest BCUT2D eigenvalue weighted by atomic mass is 16.4. The van der Waals surface area contributed by atoms with Gasteiger partial charge in [-0.1, -0.05) is 19.8 Å². The second kappa shape index (κ2) is 6.02. The molecule has 0 amide bonds. The van der Waals surface area contributed by atoms with Crippen molar-refractivity contribution in [2.24, 2.45) is 0 Å². The van der Waals surface area contributed by atoms with Gasteiger partial charge in [0.25, 0.3) is 0 Å². The molecule has 0 aromatic carbocycles. The van der Waals surface area contributed by atoms with E-state index in [9.17, 15) is 4.79 Å². The van der Waals surface area contributed by atoms with Crippen LogP contribution in [-0.2, 0) is 4.79 Å². The average Bonchev–Trinajstić information content (AvgIpc) is 2.94. The predicted molar refractivity (Wildman–Crippen MR) is 56.4 cm³/mol. The number of nitrogens with zero attached hydrogens (tertiary/aromatic N) is 1. The summed E-state index contributed by atoms with van der Waals surface area (Å²) >= 11 is 0.